The van der Waals surface area contributed by atoms with Crippen molar-refractivity contribution in [1.82, 2.24) is 10.3 Å². The zero-order valence-electron chi connectivity index (χ0n) is 13.1. The first-order valence-electron chi connectivity index (χ1n) is 6.95. The number of nitrogens with one attached hydrogen (secondary N) is 2. The molecular formula is C16H20Cl3N3O2. The van der Waals surface area contributed by atoms with E-state index in [1.807, 2.05) is 12.1 Å². The first-order chi connectivity index (χ1) is 10.7. The molecule has 0 fully saturated rings. The standard InChI is InChI=1S/C16H18ClN3O2.2ClH/c1-18-8-6-16(21)20-13-4-5-15(14(17)9-13)22-11-12-3-2-7-19-10-12;;/h2-5,7,9-10,18H,6,8,11H2,1H3,(H,20,21);2*1H. The zero-order chi connectivity index (χ0) is 15.8. The van der Waals surface area contributed by atoms with Crippen molar-refractivity contribution in [2.45, 2.75) is 13.0 Å². The number of benzene rings is 1. The van der Waals surface area contributed by atoms with Gasteiger partial charge in [0.1, 0.15) is 12.4 Å². The van der Waals surface area contributed by atoms with Crippen LogP contribution in [0.15, 0.2) is 42.7 Å². The molecule has 1 aromatic carbocycles. The summed E-state index contributed by atoms with van der Waals surface area (Å²) in [5.41, 5.74) is 1.61. The first-order valence-corrected chi connectivity index (χ1v) is 7.32. The fourth-order valence-corrected chi connectivity index (χ4v) is 2.04. The van der Waals surface area contributed by atoms with Crippen LogP contribution in [0.2, 0.25) is 5.02 Å². The van der Waals surface area contributed by atoms with E-state index in [1.54, 1.807) is 37.6 Å². The van der Waals surface area contributed by atoms with Gasteiger partial charge < -0.3 is 15.4 Å². The number of nitrogens with zero attached hydrogens (tertiary/aromatic N) is 1. The molecule has 0 aliphatic carbocycles. The van der Waals surface area contributed by atoms with Crippen LogP contribution in [0.1, 0.15) is 12.0 Å². The van der Waals surface area contributed by atoms with Gasteiger partial charge in [0.05, 0.1) is 5.02 Å². The van der Waals surface area contributed by atoms with Gasteiger partial charge in [-0.25, -0.2) is 0 Å². The number of pyridine rings is 1. The number of carbonyl (C=O) groups is 1. The lowest BCUT2D eigenvalue weighted by atomic mass is 10.2. The van der Waals surface area contributed by atoms with Crippen LogP contribution < -0.4 is 15.4 Å². The number of amides is 1. The molecule has 0 bridgehead atoms. The maximum Gasteiger partial charge on any atom is 0.225 e. The van der Waals surface area contributed by atoms with E-state index in [4.69, 9.17) is 16.3 Å². The minimum absolute atomic E-state index is 0. The van der Waals surface area contributed by atoms with Gasteiger partial charge in [0.15, 0.2) is 0 Å². The van der Waals surface area contributed by atoms with Gasteiger partial charge >= 0.3 is 0 Å². The quantitative estimate of drug-likeness (QED) is 0.754. The summed E-state index contributed by atoms with van der Waals surface area (Å²) in [6.45, 7) is 1.02. The molecule has 1 amide bonds. The van der Waals surface area contributed by atoms with E-state index in [9.17, 15) is 4.79 Å². The number of ether oxygens (including phenoxy) is 1. The molecular weight excluding hydrogens is 373 g/mol. The van der Waals surface area contributed by atoms with Gasteiger partial charge in [0, 0.05) is 36.6 Å². The molecule has 1 heterocycles. The van der Waals surface area contributed by atoms with Crippen LogP contribution in [-0.2, 0) is 11.4 Å². The van der Waals surface area contributed by atoms with E-state index in [-0.39, 0.29) is 30.7 Å². The number of aromatic nitrogens is 1. The second kappa shape index (κ2) is 11.9. The van der Waals surface area contributed by atoms with Crippen LogP contribution in [0.5, 0.6) is 5.75 Å². The molecule has 2 N–H and O–H groups in total. The minimum Gasteiger partial charge on any atom is -0.487 e. The highest BCUT2D eigenvalue weighted by atomic mass is 35.5. The Morgan fingerprint density at radius 2 is 2.08 bits per heavy atom. The minimum atomic E-state index is -0.0607. The molecule has 0 radical (unpaired) electrons. The molecule has 5 nitrogen and oxygen atoms in total. The molecule has 8 heteroatoms. The van der Waals surface area contributed by atoms with Gasteiger partial charge in [-0.05, 0) is 31.3 Å². The highest BCUT2D eigenvalue weighted by molar-refractivity contribution is 6.32. The molecule has 0 aliphatic rings. The third-order valence-corrected chi connectivity index (χ3v) is 3.23. The molecule has 0 spiro atoms. The monoisotopic (exact) mass is 391 g/mol. The van der Waals surface area contributed by atoms with Gasteiger partial charge in [-0.2, -0.15) is 0 Å². The highest BCUT2D eigenvalue weighted by Gasteiger charge is 2.06. The highest BCUT2D eigenvalue weighted by Crippen LogP contribution is 2.28. The molecule has 0 unspecified atom stereocenters. The second-order valence-corrected chi connectivity index (χ2v) is 5.10. The predicted molar refractivity (Wildman–Crippen MR) is 102 cm³/mol. The van der Waals surface area contributed by atoms with E-state index in [1.165, 1.54) is 0 Å². The number of hydrogen-bond acceptors (Lipinski definition) is 4. The van der Waals surface area contributed by atoms with Gasteiger partial charge in [-0.3, -0.25) is 9.78 Å². The Labute approximate surface area is 159 Å². The first kappa shape index (κ1) is 22.5. The summed E-state index contributed by atoms with van der Waals surface area (Å²) in [5.74, 6) is 0.508. The maximum absolute atomic E-state index is 11.6. The number of anilines is 1. The Morgan fingerprint density at radius 3 is 2.71 bits per heavy atom. The van der Waals surface area contributed by atoms with E-state index in [2.05, 4.69) is 15.6 Å². The molecule has 2 aromatic rings. The Morgan fingerprint density at radius 1 is 1.29 bits per heavy atom. The second-order valence-electron chi connectivity index (χ2n) is 4.70. The Kier molecular flexibility index (Phi) is 11.2. The average molecular weight is 393 g/mol. The SMILES string of the molecule is CNCCC(=O)Nc1ccc(OCc2cccnc2)c(Cl)c1.Cl.Cl. The summed E-state index contributed by atoms with van der Waals surface area (Å²) < 4.78 is 5.65. The molecule has 0 atom stereocenters. The average Bonchev–Trinajstić information content (AvgIpc) is 2.53. The van der Waals surface area contributed by atoms with E-state index in [0.29, 0.717) is 36.0 Å². The van der Waals surface area contributed by atoms with Gasteiger partial charge in [0.25, 0.3) is 0 Å². The molecule has 0 saturated carbocycles. The number of hydrogen-bond donors (Lipinski definition) is 2. The van der Waals surface area contributed by atoms with E-state index in [0.717, 1.165) is 5.56 Å². The lowest BCUT2D eigenvalue weighted by molar-refractivity contribution is -0.116. The smallest absolute Gasteiger partial charge is 0.225 e. The molecule has 24 heavy (non-hydrogen) atoms. The van der Waals surface area contributed by atoms with Crippen molar-refractivity contribution in [1.29, 1.82) is 0 Å². The molecule has 132 valence electrons. The van der Waals surface area contributed by atoms with Crippen LogP contribution in [0.3, 0.4) is 0 Å². The van der Waals surface area contributed by atoms with E-state index >= 15 is 0 Å². The van der Waals surface area contributed by atoms with Gasteiger partial charge in [-0.15, -0.1) is 24.8 Å². The lowest BCUT2D eigenvalue weighted by Gasteiger charge is -2.10. The fraction of sp³-hybridized carbons (Fsp3) is 0.250. The molecule has 0 saturated heterocycles. The summed E-state index contributed by atoms with van der Waals surface area (Å²) in [4.78, 5) is 15.7. The van der Waals surface area contributed by atoms with Gasteiger partial charge in [-0.1, -0.05) is 17.7 Å². The molecule has 1 aromatic heterocycles. The van der Waals surface area contributed by atoms with Crippen LogP contribution in [0.4, 0.5) is 5.69 Å². The fourth-order valence-electron chi connectivity index (χ4n) is 1.80. The molecule has 2 rings (SSSR count). The summed E-state index contributed by atoms with van der Waals surface area (Å²) in [5, 5.41) is 6.17. The third-order valence-electron chi connectivity index (χ3n) is 2.93. The molecule has 0 aliphatic heterocycles. The van der Waals surface area contributed by atoms with Crippen LogP contribution in [-0.4, -0.2) is 24.5 Å². The van der Waals surface area contributed by atoms with Crippen molar-refractivity contribution in [3.8, 4) is 5.75 Å². The van der Waals surface area contributed by atoms with Crippen LogP contribution >= 0.6 is 36.4 Å². The summed E-state index contributed by atoms with van der Waals surface area (Å²) in [6.07, 6.45) is 3.86. The van der Waals surface area contributed by atoms with Crippen LogP contribution in [0.25, 0.3) is 0 Å². The van der Waals surface area contributed by atoms with E-state index < -0.39 is 0 Å². The Hall–Kier alpha value is -1.53. The van der Waals surface area contributed by atoms with Crippen molar-refractivity contribution in [2.24, 2.45) is 0 Å². The van der Waals surface area contributed by atoms with Gasteiger partial charge in [0.2, 0.25) is 5.91 Å². The topological polar surface area (TPSA) is 63.2 Å². The maximum atomic E-state index is 11.6. The predicted octanol–water partition coefficient (Wildman–Crippen LogP) is 3.71. The van der Waals surface area contributed by atoms with Crippen molar-refractivity contribution >= 4 is 48.0 Å². The number of rotatable bonds is 7. The number of carbonyl (C=O) groups excluding carboxylic acids is 1. The largest absolute Gasteiger partial charge is 0.487 e. The van der Waals surface area contributed by atoms with Crippen LogP contribution in [0, 0.1) is 0 Å². The summed E-state index contributed by atoms with van der Waals surface area (Å²) in [7, 11) is 1.80. The number of halogens is 3. The van der Waals surface area contributed by atoms with Crippen molar-refractivity contribution < 1.29 is 9.53 Å². The van der Waals surface area contributed by atoms with Crippen molar-refractivity contribution in [2.75, 3.05) is 18.9 Å². The van der Waals surface area contributed by atoms with Crippen molar-refractivity contribution in [3.05, 3.63) is 53.3 Å². The Balaban J connectivity index is 0.00000264. The zero-order valence-corrected chi connectivity index (χ0v) is 15.5. The third kappa shape index (κ3) is 7.36. The van der Waals surface area contributed by atoms with Crippen molar-refractivity contribution in [3.63, 3.8) is 0 Å². The normalized spacial score (nSPS) is 9.42. The Bertz CT molecular complexity index is 627. The lowest BCUT2D eigenvalue weighted by Crippen LogP contribution is -2.18. The summed E-state index contributed by atoms with van der Waals surface area (Å²) in [6, 6.07) is 8.97. The summed E-state index contributed by atoms with van der Waals surface area (Å²) >= 11 is 6.18.